The Morgan fingerprint density at radius 3 is 2.79 bits per heavy atom. The first-order valence-corrected chi connectivity index (χ1v) is 8.24. The predicted octanol–water partition coefficient (Wildman–Crippen LogP) is 4.93. The quantitative estimate of drug-likeness (QED) is 0.445. The van der Waals surface area contributed by atoms with Gasteiger partial charge in [0.25, 0.3) is 0 Å². The van der Waals surface area contributed by atoms with Gasteiger partial charge in [-0.15, -0.1) is 23.4 Å². The van der Waals surface area contributed by atoms with Gasteiger partial charge in [-0.3, -0.25) is 4.79 Å². The molecule has 0 aromatic heterocycles. The summed E-state index contributed by atoms with van der Waals surface area (Å²) in [5.74, 6) is 1.25. The molecule has 3 heteroatoms. The lowest BCUT2D eigenvalue weighted by Crippen LogP contribution is -2.21. The summed E-state index contributed by atoms with van der Waals surface area (Å²) in [4.78, 5) is 13.2. The molecule has 0 radical (unpaired) electrons. The number of carbonyl (C=O) groups excluding carboxylic acids is 1. The Morgan fingerprint density at radius 1 is 1.37 bits per heavy atom. The summed E-state index contributed by atoms with van der Waals surface area (Å²) in [6.07, 6.45) is 5.85. The van der Waals surface area contributed by atoms with Gasteiger partial charge in [-0.25, -0.2) is 0 Å². The molecule has 102 valence electrons. The average Bonchev–Trinajstić information content (AvgIpc) is 2.43. The fourth-order valence-corrected chi connectivity index (χ4v) is 3.21. The molecule has 1 aliphatic rings. The number of benzene rings is 1. The first-order chi connectivity index (χ1) is 9.20. The second-order valence-corrected chi connectivity index (χ2v) is 6.51. The third-order valence-electron chi connectivity index (χ3n) is 3.20. The minimum Gasteiger partial charge on any atom is -0.293 e. The number of carbonyl (C=O) groups is 1. The van der Waals surface area contributed by atoms with Crippen molar-refractivity contribution in [2.45, 2.75) is 42.9 Å². The smallest absolute Gasteiger partial charge is 0.176 e. The number of hydrogen-bond donors (Lipinski definition) is 0. The highest BCUT2D eigenvalue weighted by Gasteiger charge is 2.24. The lowest BCUT2D eigenvalue weighted by Gasteiger charge is -2.17. The number of allylic oxidation sites excluding steroid dienone is 1. The van der Waals surface area contributed by atoms with Crippen molar-refractivity contribution in [1.29, 1.82) is 0 Å². The molecule has 0 bridgehead atoms. The highest BCUT2D eigenvalue weighted by molar-refractivity contribution is 7.99. The molecule has 2 rings (SSSR count). The van der Waals surface area contributed by atoms with E-state index in [1.165, 1.54) is 11.3 Å². The minimum absolute atomic E-state index is 0.109. The van der Waals surface area contributed by atoms with E-state index >= 15 is 0 Å². The highest BCUT2D eigenvalue weighted by atomic mass is 35.5. The van der Waals surface area contributed by atoms with Gasteiger partial charge in [-0.2, -0.15) is 0 Å². The van der Waals surface area contributed by atoms with Crippen LogP contribution in [0.1, 0.15) is 38.2 Å². The Bertz CT molecular complexity index is 464. The second kappa shape index (κ2) is 7.16. The summed E-state index contributed by atoms with van der Waals surface area (Å²) in [5.41, 5.74) is 1.97. The molecule has 0 amide bonds. The van der Waals surface area contributed by atoms with Crippen LogP contribution < -0.4 is 0 Å². The molecule has 1 saturated carbocycles. The molecule has 0 aliphatic heterocycles. The van der Waals surface area contributed by atoms with Gasteiger partial charge in [0.2, 0.25) is 0 Å². The van der Waals surface area contributed by atoms with Gasteiger partial charge in [0, 0.05) is 4.90 Å². The topological polar surface area (TPSA) is 17.1 Å². The van der Waals surface area contributed by atoms with E-state index < -0.39 is 0 Å². The van der Waals surface area contributed by atoms with Crippen LogP contribution in [-0.4, -0.2) is 16.9 Å². The Morgan fingerprint density at radius 2 is 2.11 bits per heavy atom. The maximum Gasteiger partial charge on any atom is 0.176 e. The van der Waals surface area contributed by atoms with Gasteiger partial charge in [-0.05, 0) is 60.8 Å². The molecule has 0 N–H and O–H groups in total. The monoisotopic (exact) mass is 294 g/mol. The molecule has 1 aliphatic carbocycles. The molecule has 0 spiro atoms. The van der Waals surface area contributed by atoms with E-state index in [2.05, 4.69) is 31.2 Å². The standard InChI is InChI=1S/C16H19ClOS/c1-2-10-19-14-8-6-12(7-9-14)11-13-4-3-5-15(17)16(13)18/h6-9,11,15H,2-5,10H2,1H3. The molecule has 19 heavy (non-hydrogen) atoms. The number of ketones is 1. The fraction of sp³-hybridized carbons (Fsp3) is 0.438. The van der Waals surface area contributed by atoms with Crippen LogP contribution in [0, 0.1) is 0 Å². The Labute approximate surface area is 124 Å². The van der Waals surface area contributed by atoms with Crippen molar-refractivity contribution in [2.75, 3.05) is 5.75 Å². The van der Waals surface area contributed by atoms with Gasteiger partial charge >= 0.3 is 0 Å². The van der Waals surface area contributed by atoms with Crippen molar-refractivity contribution >= 4 is 35.2 Å². The molecule has 0 saturated heterocycles. The highest BCUT2D eigenvalue weighted by Crippen LogP contribution is 2.26. The van der Waals surface area contributed by atoms with E-state index in [0.29, 0.717) is 0 Å². The van der Waals surface area contributed by atoms with Gasteiger partial charge in [-0.1, -0.05) is 19.1 Å². The predicted molar refractivity (Wildman–Crippen MR) is 83.9 cm³/mol. The zero-order chi connectivity index (χ0) is 13.7. The van der Waals surface area contributed by atoms with E-state index in [0.717, 1.165) is 36.2 Å². The normalized spacial score (nSPS) is 21.9. The summed E-state index contributed by atoms with van der Waals surface area (Å²) in [7, 11) is 0. The lowest BCUT2D eigenvalue weighted by atomic mass is 9.92. The third-order valence-corrected chi connectivity index (χ3v) is 4.83. The van der Waals surface area contributed by atoms with E-state index in [1.54, 1.807) is 0 Å². The van der Waals surface area contributed by atoms with E-state index in [1.807, 2.05) is 17.8 Å². The zero-order valence-electron chi connectivity index (χ0n) is 11.2. The lowest BCUT2D eigenvalue weighted by molar-refractivity contribution is -0.116. The van der Waals surface area contributed by atoms with Crippen molar-refractivity contribution in [3.8, 4) is 0 Å². The number of rotatable bonds is 4. The number of alkyl halides is 1. The molecule has 1 unspecified atom stereocenters. The van der Waals surface area contributed by atoms with Crippen molar-refractivity contribution in [1.82, 2.24) is 0 Å². The molecule has 1 aromatic rings. The summed E-state index contributed by atoms with van der Waals surface area (Å²) >= 11 is 7.88. The number of Topliss-reactive ketones (excluding diaryl/α,β-unsaturated/α-hetero) is 1. The average molecular weight is 295 g/mol. The largest absolute Gasteiger partial charge is 0.293 e. The number of halogens is 1. The molecule has 1 atom stereocenters. The van der Waals surface area contributed by atoms with Crippen LogP contribution >= 0.6 is 23.4 Å². The van der Waals surface area contributed by atoms with Gasteiger partial charge in [0.1, 0.15) is 0 Å². The first kappa shape index (κ1) is 14.7. The Kier molecular flexibility index (Phi) is 5.53. The zero-order valence-corrected chi connectivity index (χ0v) is 12.8. The van der Waals surface area contributed by atoms with Crippen molar-refractivity contribution < 1.29 is 4.79 Å². The summed E-state index contributed by atoms with van der Waals surface area (Å²) < 4.78 is 0. The van der Waals surface area contributed by atoms with Crippen LogP contribution in [0.25, 0.3) is 6.08 Å². The first-order valence-electron chi connectivity index (χ1n) is 6.82. The Hall–Kier alpha value is -0.730. The van der Waals surface area contributed by atoms with Gasteiger partial charge < -0.3 is 0 Å². The molecular weight excluding hydrogens is 276 g/mol. The molecule has 1 nitrogen and oxygen atoms in total. The van der Waals surface area contributed by atoms with Crippen LogP contribution in [0.2, 0.25) is 0 Å². The van der Waals surface area contributed by atoms with Crippen LogP contribution in [0.15, 0.2) is 34.7 Å². The SMILES string of the molecule is CCCSc1ccc(C=C2CCCC(Cl)C2=O)cc1. The van der Waals surface area contributed by atoms with Gasteiger partial charge in [0.05, 0.1) is 5.38 Å². The maximum atomic E-state index is 11.9. The summed E-state index contributed by atoms with van der Waals surface area (Å²) in [6, 6.07) is 8.41. The maximum absolute atomic E-state index is 11.9. The van der Waals surface area contributed by atoms with E-state index in [-0.39, 0.29) is 11.2 Å². The van der Waals surface area contributed by atoms with Gasteiger partial charge in [0.15, 0.2) is 5.78 Å². The van der Waals surface area contributed by atoms with E-state index in [9.17, 15) is 4.79 Å². The number of thioether (sulfide) groups is 1. The van der Waals surface area contributed by atoms with Crippen LogP contribution in [0.4, 0.5) is 0 Å². The van der Waals surface area contributed by atoms with E-state index in [4.69, 9.17) is 11.6 Å². The van der Waals surface area contributed by atoms with Crippen LogP contribution in [0.3, 0.4) is 0 Å². The van der Waals surface area contributed by atoms with Crippen LogP contribution in [0.5, 0.6) is 0 Å². The van der Waals surface area contributed by atoms with Crippen molar-refractivity contribution in [3.63, 3.8) is 0 Å². The third kappa shape index (κ3) is 4.12. The Balaban J connectivity index is 2.07. The molecule has 0 heterocycles. The summed E-state index contributed by atoms with van der Waals surface area (Å²) in [6.45, 7) is 2.18. The fourth-order valence-electron chi connectivity index (χ4n) is 2.15. The molecule has 1 fully saturated rings. The number of hydrogen-bond acceptors (Lipinski definition) is 2. The molecule has 1 aromatic carbocycles. The molecular formula is C16H19ClOS. The van der Waals surface area contributed by atoms with Crippen molar-refractivity contribution in [2.24, 2.45) is 0 Å². The van der Waals surface area contributed by atoms with Crippen LogP contribution in [-0.2, 0) is 4.79 Å². The summed E-state index contributed by atoms with van der Waals surface area (Å²) in [5, 5.41) is -0.320. The minimum atomic E-state index is -0.320. The van der Waals surface area contributed by atoms with Crippen molar-refractivity contribution in [3.05, 3.63) is 35.4 Å². The second-order valence-electron chi connectivity index (χ2n) is 4.81.